The van der Waals surface area contributed by atoms with Gasteiger partial charge >= 0.3 is 0 Å². The average molecular weight is 125 g/mol. The first kappa shape index (κ1) is 6.81. The molecule has 0 amide bonds. The molecular weight excluding hydrogens is 110 g/mol. The Bertz CT molecular complexity index is 107. The standard InChI is InChI=1S/C8H15N/c1-7-4-2-3-5-8(7)6-9/h2-3,7-8H,4-6,9H2,1H3. The third kappa shape index (κ3) is 1.55. The summed E-state index contributed by atoms with van der Waals surface area (Å²) in [5, 5.41) is 0. The summed E-state index contributed by atoms with van der Waals surface area (Å²) in [6, 6.07) is 0. The van der Waals surface area contributed by atoms with Crippen LogP contribution in [-0.2, 0) is 0 Å². The van der Waals surface area contributed by atoms with Crippen LogP contribution in [0.4, 0.5) is 0 Å². The summed E-state index contributed by atoms with van der Waals surface area (Å²) in [6.07, 6.45) is 6.92. The molecular formula is C8H15N. The summed E-state index contributed by atoms with van der Waals surface area (Å²) < 4.78 is 0. The number of hydrogen-bond donors (Lipinski definition) is 1. The molecule has 1 nitrogen and oxygen atoms in total. The molecule has 1 heteroatoms. The normalized spacial score (nSPS) is 34.9. The predicted molar refractivity (Wildman–Crippen MR) is 40.1 cm³/mol. The van der Waals surface area contributed by atoms with Crippen LogP contribution in [0, 0.1) is 11.8 Å². The van der Waals surface area contributed by atoms with Crippen LogP contribution in [-0.4, -0.2) is 6.54 Å². The molecule has 2 unspecified atom stereocenters. The number of rotatable bonds is 1. The van der Waals surface area contributed by atoms with Crippen molar-refractivity contribution in [1.82, 2.24) is 0 Å². The average Bonchev–Trinajstić information content (AvgIpc) is 1.89. The smallest absolute Gasteiger partial charge is 0.00432 e. The van der Waals surface area contributed by atoms with Gasteiger partial charge < -0.3 is 5.73 Å². The number of hydrogen-bond acceptors (Lipinski definition) is 1. The van der Waals surface area contributed by atoms with Gasteiger partial charge in [-0.2, -0.15) is 0 Å². The van der Waals surface area contributed by atoms with Gasteiger partial charge in [0.05, 0.1) is 0 Å². The van der Waals surface area contributed by atoms with Crippen molar-refractivity contribution in [1.29, 1.82) is 0 Å². The van der Waals surface area contributed by atoms with Crippen molar-refractivity contribution < 1.29 is 0 Å². The maximum Gasteiger partial charge on any atom is -0.00432 e. The minimum Gasteiger partial charge on any atom is -0.330 e. The Morgan fingerprint density at radius 3 is 2.56 bits per heavy atom. The van der Waals surface area contributed by atoms with Crippen molar-refractivity contribution in [3.63, 3.8) is 0 Å². The first-order valence-electron chi connectivity index (χ1n) is 3.69. The van der Waals surface area contributed by atoms with Crippen LogP contribution < -0.4 is 5.73 Å². The fourth-order valence-corrected chi connectivity index (χ4v) is 1.34. The van der Waals surface area contributed by atoms with Crippen molar-refractivity contribution in [2.24, 2.45) is 17.6 Å². The zero-order chi connectivity index (χ0) is 6.69. The van der Waals surface area contributed by atoms with E-state index < -0.39 is 0 Å². The molecule has 0 bridgehead atoms. The lowest BCUT2D eigenvalue weighted by Gasteiger charge is -2.22. The molecule has 0 heterocycles. The second-order valence-electron chi connectivity index (χ2n) is 2.92. The topological polar surface area (TPSA) is 26.0 Å². The van der Waals surface area contributed by atoms with E-state index in [4.69, 9.17) is 5.73 Å². The molecule has 0 aromatic rings. The fraction of sp³-hybridized carbons (Fsp3) is 0.750. The van der Waals surface area contributed by atoms with Gasteiger partial charge in [0.25, 0.3) is 0 Å². The summed E-state index contributed by atoms with van der Waals surface area (Å²) in [6.45, 7) is 3.13. The minimum atomic E-state index is 0.745. The highest BCUT2D eigenvalue weighted by atomic mass is 14.6. The van der Waals surface area contributed by atoms with E-state index in [0.717, 1.165) is 18.4 Å². The maximum atomic E-state index is 5.56. The quantitative estimate of drug-likeness (QED) is 0.529. The Morgan fingerprint density at radius 1 is 1.44 bits per heavy atom. The molecule has 0 spiro atoms. The van der Waals surface area contributed by atoms with Crippen molar-refractivity contribution in [3.8, 4) is 0 Å². The summed E-state index contributed by atoms with van der Waals surface area (Å²) in [4.78, 5) is 0. The molecule has 9 heavy (non-hydrogen) atoms. The zero-order valence-corrected chi connectivity index (χ0v) is 6.01. The molecule has 0 aromatic carbocycles. The number of nitrogens with two attached hydrogens (primary N) is 1. The Morgan fingerprint density at radius 2 is 2.11 bits per heavy atom. The van der Waals surface area contributed by atoms with Gasteiger partial charge in [-0.25, -0.2) is 0 Å². The molecule has 1 aliphatic rings. The van der Waals surface area contributed by atoms with E-state index >= 15 is 0 Å². The van der Waals surface area contributed by atoms with E-state index in [1.54, 1.807) is 0 Å². The van der Waals surface area contributed by atoms with Gasteiger partial charge in [-0.05, 0) is 31.2 Å². The third-order valence-corrected chi connectivity index (χ3v) is 2.22. The second kappa shape index (κ2) is 3.02. The van der Waals surface area contributed by atoms with E-state index in [-0.39, 0.29) is 0 Å². The van der Waals surface area contributed by atoms with Crippen molar-refractivity contribution in [3.05, 3.63) is 12.2 Å². The van der Waals surface area contributed by atoms with Gasteiger partial charge in [-0.1, -0.05) is 19.1 Å². The molecule has 0 radical (unpaired) electrons. The van der Waals surface area contributed by atoms with E-state index in [0.29, 0.717) is 0 Å². The third-order valence-electron chi connectivity index (χ3n) is 2.22. The van der Waals surface area contributed by atoms with Crippen molar-refractivity contribution >= 4 is 0 Å². The predicted octanol–water partition coefficient (Wildman–Crippen LogP) is 1.55. The van der Waals surface area contributed by atoms with Gasteiger partial charge in [0.2, 0.25) is 0 Å². The molecule has 2 atom stereocenters. The monoisotopic (exact) mass is 125 g/mol. The largest absolute Gasteiger partial charge is 0.330 e. The molecule has 0 aromatic heterocycles. The van der Waals surface area contributed by atoms with Gasteiger partial charge in [0.1, 0.15) is 0 Å². The van der Waals surface area contributed by atoms with Crippen LogP contribution in [0.1, 0.15) is 19.8 Å². The van der Waals surface area contributed by atoms with Gasteiger partial charge in [0, 0.05) is 0 Å². The van der Waals surface area contributed by atoms with E-state index in [1.165, 1.54) is 12.8 Å². The first-order valence-corrected chi connectivity index (χ1v) is 3.69. The van der Waals surface area contributed by atoms with Crippen LogP contribution in [0.2, 0.25) is 0 Å². The molecule has 2 N–H and O–H groups in total. The summed E-state index contributed by atoms with van der Waals surface area (Å²) in [5.41, 5.74) is 5.56. The van der Waals surface area contributed by atoms with Crippen LogP contribution >= 0.6 is 0 Å². The number of allylic oxidation sites excluding steroid dienone is 2. The molecule has 0 saturated heterocycles. The lowest BCUT2D eigenvalue weighted by atomic mass is 9.85. The Balaban J connectivity index is 2.43. The first-order chi connectivity index (χ1) is 4.34. The van der Waals surface area contributed by atoms with Crippen molar-refractivity contribution in [2.45, 2.75) is 19.8 Å². The van der Waals surface area contributed by atoms with E-state index in [2.05, 4.69) is 19.1 Å². The van der Waals surface area contributed by atoms with Crippen LogP contribution in [0.5, 0.6) is 0 Å². The molecule has 52 valence electrons. The van der Waals surface area contributed by atoms with Crippen LogP contribution in [0.15, 0.2) is 12.2 Å². The highest BCUT2D eigenvalue weighted by Crippen LogP contribution is 2.23. The summed E-state index contributed by atoms with van der Waals surface area (Å²) in [5.74, 6) is 1.55. The molecule has 0 saturated carbocycles. The Labute approximate surface area is 56.9 Å². The Kier molecular flexibility index (Phi) is 2.29. The summed E-state index contributed by atoms with van der Waals surface area (Å²) in [7, 11) is 0. The Hall–Kier alpha value is -0.300. The highest BCUT2D eigenvalue weighted by molar-refractivity contribution is 4.93. The summed E-state index contributed by atoms with van der Waals surface area (Å²) >= 11 is 0. The van der Waals surface area contributed by atoms with Crippen molar-refractivity contribution in [2.75, 3.05) is 6.54 Å². The molecule has 1 aliphatic carbocycles. The second-order valence-corrected chi connectivity index (χ2v) is 2.92. The zero-order valence-electron chi connectivity index (χ0n) is 6.01. The van der Waals surface area contributed by atoms with Gasteiger partial charge in [0.15, 0.2) is 0 Å². The van der Waals surface area contributed by atoms with E-state index in [9.17, 15) is 0 Å². The lowest BCUT2D eigenvalue weighted by molar-refractivity contribution is 0.358. The molecule has 0 fully saturated rings. The van der Waals surface area contributed by atoms with E-state index in [1.807, 2.05) is 0 Å². The lowest BCUT2D eigenvalue weighted by Crippen LogP contribution is -2.22. The minimum absolute atomic E-state index is 0.745. The van der Waals surface area contributed by atoms with Crippen LogP contribution in [0.3, 0.4) is 0 Å². The molecule has 0 aliphatic heterocycles. The van der Waals surface area contributed by atoms with Gasteiger partial charge in [-0.3, -0.25) is 0 Å². The maximum absolute atomic E-state index is 5.56. The van der Waals surface area contributed by atoms with Gasteiger partial charge in [-0.15, -0.1) is 0 Å². The molecule has 1 rings (SSSR count). The van der Waals surface area contributed by atoms with Crippen LogP contribution in [0.25, 0.3) is 0 Å². The fourth-order valence-electron chi connectivity index (χ4n) is 1.34. The highest BCUT2D eigenvalue weighted by Gasteiger charge is 2.15. The SMILES string of the molecule is CC1CC=CCC1CN.